The fourth-order valence-electron chi connectivity index (χ4n) is 2.34. The molecule has 0 bridgehead atoms. The fourth-order valence-corrected chi connectivity index (χ4v) is 3.16. The summed E-state index contributed by atoms with van der Waals surface area (Å²) in [5.74, 6) is 1.12. The van der Waals surface area contributed by atoms with Crippen LogP contribution in [0.3, 0.4) is 0 Å². The molecular formula is C15H19ClN2O2S. The van der Waals surface area contributed by atoms with Gasteiger partial charge in [-0.3, -0.25) is 13.6 Å². The van der Waals surface area contributed by atoms with Crippen molar-refractivity contribution in [1.29, 1.82) is 0 Å². The Kier molecular flexibility index (Phi) is 5.17. The van der Waals surface area contributed by atoms with Gasteiger partial charge < -0.3 is 0 Å². The van der Waals surface area contributed by atoms with Crippen molar-refractivity contribution in [1.82, 2.24) is 9.55 Å². The average Bonchev–Trinajstić information content (AvgIpc) is 2.44. The number of hydrogen-bond donors (Lipinski definition) is 0. The first kappa shape index (κ1) is 16.2. The molecule has 2 aromatic rings. The third kappa shape index (κ3) is 3.52. The Hall–Kier alpha value is -1.20. The number of rotatable bonds is 5. The molecule has 3 atom stereocenters. The van der Waals surface area contributed by atoms with E-state index in [2.05, 4.69) is 4.98 Å². The van der Waals surface area contributed by atoms with Crippen LogP contribution in [0.4, 0.5) is 0 Å². The topological polar surface area (TPSA) is 52.0 Å². The second-order valence-corrected chi connectivity index (χ2v) is 7.40. The zero-order valence-corrected chi connectivity index (χ0v) is 13.9. The van der Waals surface area contributed by atoms with E-state index in [0.29, 0.717) is 28.9 Å². The molecule has 114 valence electrons. The Morgan fingerprint density at radius 1 is 1.33 bits per heavy atom. The Balaban J connectivity index is 2.59. The Morgan fingerprint density at radius 2 is 2.00 bits per heavy atom. The van der Waals surface area contributed by atoms with Crippen LogP contribution in [0, 0.1) is 0 Å². The highest BCUT2D eigenvalue weighted by molar-refractivity contribution is 7.84. The lowest BCUT2D eigenvalue weighted by Gasteiger charge is -2.20. The lowest BCUT2D eigenvalue weighted by Crippen LogP contribution is -2.29. The van der Waals surface area contributed by atoms with Gasteiger partial charge >= 0.3 is 0 Å². The lowest BCUT2D eigenvalue weighted by atomic mass is 10.2. The molecule has 0 fully saturated rings. The van der Waals surface area contributed by atoms with Gasteiger partial charge in [0.2, 0.25) is 0 Å². The molecule has 0 N–H and O–H groups in total. The van der Waals surface area contributed by atoms with Crippen LogP contribution in [0.25, 0.3) is 10.9 Å². The standard InChI is InChI=1S/C15H19ClN2O2S/c1-10(8-9-21(3)20)18-14(11(2)16)17-13-7-5-4-6-12(13)15(18)19/h4-7,10-11H,8-9H2,1-3H3. The summed E-state index contributed by atoms with van der Waals surface area (Å²) in [6, 6.07) is 7.18. The molecule has 6 heteroatoms. The molecular weight excluding hydrogens is 308 g/mol. The lowest BCUT2D eigenvalue weighted by molar-refractivity contribution is 0.488. The van der Waals surface area contributed by atoms with E-state index in [9.17, 15) is 9.00 Å². The molecule has 0 aliphatic rings. The first-order valence-electron chi connectivity index (χ1n) is 6.87. The van der Waals surface area contributed by atoms with Crippen LogP contribution in [-0.4, -0.2) is 25.8 Å². The van der Waals surface area contributed by atoms with E-state index in [-0.39, 0.29) is 17.0 Å². The quantitative estimate of drug-likeness (QED) is 0.794. The van der Waals surface area contributed by atoms with Crippen molar-refractivity contribution in [3.05, 3.63) is 40.4 Å². The summed E-state index contributed by atoms with van der Waals surface area (Å²) >= 11 is 6.21. The maximum atomic E-state index is 12.7. The number of aromatic nitrogens is 2. The van der Waals surface area contributed by atoms with Gasteiger partial charge in [0.15, 0.2) is 0 Å². The summed E-state index contributed by atoms with van der Waals surface area (Å²) in [5, 5.41) is 0.222. The highest BCUT2D eigenvalue weighted by atomic mass is 35.5. The van der Waals surface area contributed by atoms with Gasteiger partial charge in [-0.05, 0) is 32.4 Å². The highest BCUT2D eigenvalue weighted by Crippen LogP contribution is 2.22. The first-order valence-corrected chi connectivity index (χ1v) is 9.03. The number of halogens is 1. The SMILES string of the molecule is CC(Cl)c1nc2ccccc2c(=O)n1C(C)CCS(C)=O. The molecule has 1 heterocycles. The normalized spacial score (nSPS) is 15.8. The van der Waals surface area contributed by atoms with E-state index in [1.165, 1.54) is 0 Å². The Labute approximate surface area is 131 Å². The summed E-state index contributed by atoms with van der Waals surface area (Å²) in [5.41, 5.74) is 0.574. The van der Waals surface area contributed by atoms with Crippen molar-refractivity contribution < 1.29 is 4.21 Å². The third-order valence-electron chi connectivity index (χ3n) is 3.45. The second kappa shape index (κ2) is 6.71. The number of hydrogen-bond acceptors (Lipinski definition) is 3. The van der Waals surface area contributed by atoms with Crippen LogP contribution in [0.5, 0.6) is 0 Å². The van der Waals surface area contributed by atoms with Gasteiger partial charge in [0.1, 0.15) is 5.82 Å². The average molecular weight is 327 g/mol. The zero-order valence-electron chi connectivity index (χ0n) is 12.4. The monoisotopic (exact) mass is 326 g/mol. The largest absolute Gasteiger partial charge is 0.292 e. The minimum atomic E-state index is -0.880. The van der Waals surface area contributed by atoms with Crippen molar-refractivity contribution in [2.24, 2.45) is 0 Å². The predicted molar refractivity (Wildman–Crippen MR) is 88.5 cm³/mol. The summed E-state index contributed by atoms with van der Waals surface area (Å²) in [6.45, 7) is 3.74. The Morgan fingerprint density at radius 3 is 2.62 bits per heavy atom. The molecule has 0 amide bonds. The summed E-state index contributed by atoms with van der Waals surface area (Å²) in [6.07, 6.45) is 2.32. The van der Waals surface area contributed by atoms with Crippen molar-refractivity contribution >= 4 is 33.3 Å². The van der Waals surface area contributed by atoms with Crippen molar-refractivity contribution in [2.75, 3.05) is 12.0 Å². The van der Waals surface area contributed by atoms with E-state index in [1.807, 2.05) is 25.1 Å². The number of benzene rings is 1. The molecule has 0 aliphatic heterocycles. The van der Waals surface area contributed by atoms with E-state index >= 15 is 0 Å². The minimum absolute atomic E-state index is 0.0857. The molecule has 1 aromatic carbocycles. The van der Waals surface area contributed by atoms with Crippen LogP contribution in [0.1, 0.15) is 37.5 Å². The van der Waals surface area contributed by atoms with Gasteiger partial charge in [-0.1, -0.05) is 12.1 Å². The van der Waals surface area contributed by atoms with Crippen LogP contribution >= 0.6 is 11.6 Å². The van der Waals surface area contributed by atoms with Crippen LogP contribution in [0.2, 0.25) is 0 Å². The minimum Gasteiger partial charge on any atom is -0.292 e. The predicted octanol–water partition coefficient (Wildman–Crippen LogP) is 3.03. The number of nitrogens with zero attached hydrogens (tertiary/aromatic N) is 2. The third-order valence-corrected chi connectivity index (χ3v) is 4.46. The zero-order chi connectivity index (χ0) is 15.6. The van der Waals surface area contributed by atoms with Crippen molar-refractivity contribution in [3.63, 3.8) is 0 Å². The van der Waals surface area contributed by atoms with Gasteiger partial charge in [-0.15, -0.1) is 11.6 Å². The maximum Gasteiger partial charge on any atom is 0.261 e. The summed E-state index contributed by atoms with van der Waals surface area (Å²) < 4.78 is 12.9. The van der Waals surface area contributed by atoms with Crippen LogP contribution < -0.4 is 5.56 Å². The molecule has 3 unspecified atom stereocenters. The molecule has 1 aromatic heterocycles. The smallest absolute Gasteiger partial charge is 0.261 e. The molecule has 0 spiro atoms. The highest BCUT2D eigenvalue weighted by Gasteiger charge is 2.19. The van der Waals surface area contributed by atoms with Gasteiger partial charge in [-0.2, -0.15) is 0 Å². The first-order chi connectivity index (χ1) is 9.91. The van der Waals surface area contributed by atoms with Crippen LogP contribution in [0.15, 0.2) is 29.1 Å². The van der Waals surface area contributed by atoms with E-state index in [1.54, 1.807) is 23.8 Å². The number of alkyl halides is 1. The van der Waals surface area contributed by atoms with Gasteiger partial charge in [0.25, 0.3) is 5.56 Å². The van der Waals surface area contributed by atoms with Crippen molar-refractivity contribution in [3.8, 4) is 0 Å². The number of para-hydroxylation sites is 1. The van der Waals surface area contributed by atoms with E-state index in [4.69, 9.17) is 11.6 Å². The molecule has 4 nitrogen and oxygen atoms in total. The molecule has 0 saturated carbocycles. The van der Waals surface area contributed by atoms with E-state index < -0.39 is 10.8 Å². The molecule has 0 aliphatic carbocycles. The molecule has 2 rings (SSSR count). The van der Waals surface area contributed by atoms with Crippen molar-refractivity contribution in [2.45, 2.75) is 31.7 Å². The number of fused-ring (bicyclic) bond motifs is 1. The maximum absolute atomic E-state index is 12.7. The fraction of sp³-hybridized carbons (Fsp3) is 0.467. The molecule has 0 radical (unpaired) electrons. The van der Waals surface area contributed by atoms with Gasteiger partial charge in [-0.25, -0.2) is 4.98 Å². The van der Waals surface area contributed by atoms with E-state index in [0.717, 1.165) is 0 Å². The Bertz CT molecular complexity index is 727. The second-order valence-electron chi connectivity index (χ2n) is 5.19. The summed E-state index contributed by atoms with van der Waals surface area (Å²) in [4.78, 5) is 17.3. The van der Waals surface area contributed by atoms with Crippen LogP contribution in [-0.2, 0) is 10.8 Å². The molecule has 0 saturated heterocycles. The van der Waals surface area contributed by atoms with Gasteiger partial charge in [0, 0.05) is 28.9 Å². The molecule has 21 heavy (non-hydrogen) atoms. The summed E-state index contributed by atoms with van der Waals surface area (Å²) in [7, 11) is -0.880. The van der Waals surface area contributed by atoms with Gasteiger partial charge in [0.05, 0.1) is 16.3 Å².